The Morgan fingerprint density at radius 1 is 0.302 bits per heavy atom. The van der Waals surface area contributed by atoms with Gasteiger partial charge in [0.05, 0.1) is 0 Å². The third kappa shape index (κ3) is 34.6. The molecule has 0 aromatic heterocycles. The smallest absolute Gasteiger partial charge is 0.107 e. The maximum absolute atomic E-state index is 10.5. The van der Waals surface area contributed by atoms with Crippen LogP contribution < -0.4 is 0 Å². The second-order valence-corrected chi connectivity index (χ2v) is 14.2. The Bertz CT molecular complexity index is 442. The van der Waals surface area contributed by atoms with Crippen LogP contribution in [0.3, 0.4) is 0 Å². The van der Waals surface area contributed by atoms with Gasteiger partial charge in [0.2, 0.25) is 0 Å². The van der Waals surface area contributed by atoms with Gasteiger partial charge in [0.15, 0.2) is 0 Å². The molecule has 0 fully saturated rings. The first-order chi connectivity index (χ1) is 21.3. The second kappa shape index (κ2) is 38.1. The molecule has 0 radical (unpaired) electrons. The van der Waals surface area contributed by atoms with Crippen LogP contribution in [0.1, 0.15) is 245 Å². The molecular formula is C41H85NO. The lowest BCUT2D eigenvalue weighted by Crippen LogP contribution is -2.36. The van der Waals surface area contributed by atoms with Crippen molar-refractivity contribution in [3.63, 3.8) is 0 Å². The molecule has 0 heterocycles. The number of hydrogen-bond acceptors (Lipinski definition) is 2. The van der Waals surface area contributed by atoms with E-state index in [9.17, 15) is 5.11 Å². The molecule has 1 N–H and O–H groups in total. The summed E-state index contributed by atoms with van der Waals surface area (Å²) in [6.45, 7) is 8.91. The highest BCUT2D eigenvalue weighted by atomic mass is 16.3. The second-order valence-electron chi connectivity index (χ2n) is 14.2. The minimum Gasteiger partial charge on any atom is -0.378 e. The predicted octanol–water partition coefficient (Wildman–Crippen LogP) is 14.3. The lowest BCUT2D eigenvalue weighted by molar-refractivity contribution is -0.00101. The van der Waals surface area contributed by atoms with Gasteiger partial charge in [0.25, 0.3) is 0 Å². The molecule has 0 bridgehead atoms. The highest BCUT2D eigenvalue weighted by molar-refractivity contribution is 4.62. The molecule has 0 spiro atoms. The van der Waals surface area contributed by atoms with Crippen LogP contribution in [-0.2, 0) is 0 Å². The number of aliphatic hydroxyl groups is 1. The third-order valence-corrected chi connectivity index (χ3v) is 9.88. The van der Waals surface area contributed by atoms with E-state index in [0.29, 0.717) is 0 Å². The van der Waals surface area contributed by atoms with Gasteiger partial charge >= 0.3 is 0 Å². The van der Waals surface area contributed by atoms with E-state index >= 15 is 0 Å². The maximum atomic E-state index is 10.5. The van der Waals surface area contributed by atoms with Crippen LogP contribution in [-0.4, -0.2) is 29.3 Å². The molecule has 0 aromatic rings. The highest BCUT2D eigenvalue weighted by Crippen LogP contribution is 2.16. The zero-order valence-electron chi connectivity index (χ0n) is 30.6. The predicted molar refractivity (Wildman–Crippen MR) is 196 cm³/mol. The molecule has 0 aliphatic carbocycles. The average Bonchev–Trinajstić information content (AvgIpc) is 3.02. The van der Waals surface area contributed by atoms with Crippen molar-refractivity contribution >= 4 is 0 Å². The summed E-state index contributed by atoms with van der Waals surface area (Å²) < 4.78 is 0. The van der Waals surface area contributed by atoms with E-state index in [2.05, 4.69) is 25.7 Å². The van der Waals surface area contributed by atoms with E-state index in [1.165, 1.54) is 218 Å². The Balaban J connectivity index is 3.46. The number of nitrogens with zero attached hydrogens (tertiary/aromatic N) is 1. The van der Waals surface area contributed by atoms with Crippen molar-refractivity contribution < 1.29 is 5.11 Å². The SMILES string of the molecule is CCCCCCCCCCCCCCCCCCCN(CCCCCCCCCCCCCCCCCCC)C(O)CC. The summed E-state index contributed by atoms with van der Waals surface area (Å²) in [5.74, 6) is 0. The Morgan fingerprint density at radius 3 is 0.674 bits per heavy atom. The molecule has 2 nitrogen and oxygen atoms in total. The fraction of sp³-hybridized carbons (Fsp3) is 1.00. The molecule has 0 aliphatic heterocycles. The lowest BCUT2D eigenvalue weighted by Gasteiger charge is -2.27. The average molecular weight is 608 g/mol. The standard InChI is InChI=1S/C41H85NO/c1-4-7-9-11-13-15-17-19-21-23-25-27-29-31-33-35-37-39-42(41(43)6-3)40-38-36-34-32-30-28-26-24-22-20-18-16-14-12-10-8-5-2/h41,43H,4-40H2,1-3H3. The normalized spacial score (nSPS) is 12.5. The van der Waals surface area contributed by atoms with E-state index in [0.717, 1.165) is 19.5 Å². The van der Waals surface area contributed by atoms with Gasteiger partial charge in [-0.1, -0.05) is 226 Å². The van der Waals surface area contributed by atoms with Crippen molar-refractivity contribution in [3.8, 4) is 0 Å². The molecule has 260 valence electrons. The van der Waals surface area contributed by atoms with Crippen molar-refractivity contribution in [1.29, 1.82) is 0 Å². The molecular weight excluding hydrogens is 522 g/mol. The van der Waals surface area contributed by atoms with Gasteiger partial charge in [0.1, 0.15) is 6.23 Å². The molecule has 0 rings (SSSR count). The van der Waals surface area contributed by atoms with Crippen LogP contribution in [0.5, 0.6) is 0 Å². The number of rotatable bonds is 38. The molecule has 0 saturated carbocycles. The van der Waals surface area contributed by atoms with Gasteiger partial charge in [-0.05, 0) is 19.3 Å². The van der Waals surface area contributed by atoms with Crippen LogP contribution in [0, 0.1) is 0 Å². The minimum atomic E-state index is -0.234. The van der Waals surface area contributed by atoms with Gasteiger partial charge < -0.3 is 5.11 Å². The van der Waals surface area contributed by atoms with Gasteiger partial charge in [-0.3, -0.25) is 4.90 Å². The zero-order valence-corrected chi connectivity index (χ0v) is 30.6. The van der Waals surface area contributed by atoms with Crippen molar-refractivity contribution in [2.75, 3.05) is 13.1 Å². The summed E-state index contributed by atoms with van der Waals surface area (Å²) in [6.07, 6.45) is 49.0. The van der Waals surface area contributed by atoms with E-state index < -0.39 is 0 Å². The number of hydrogen-bond donors (Lipinski definition) is 1. The molecule has 1 unspecified atom stereocenters. The summed E-state index contributed by atoms with van der Waals surface area (Å²) in [6, 6.07) is 0. The Hall–Kier alpha value is -0.0800. The molecule has 0 amide bonds. The van der Waals surface area contributed by atoms with Crippen molar-refractivity contribution in [1.82, 2.24) is 4.90 Å². The van der Waals surface area contributed by atoms with E-state index in [1.807, 2.05) is 0 Å². The first-order valence-corrected chi connectivity index (χ1v) is 20.7. The van der Waals surface area contributed by atoms with Crippen LogP contribution in [0.25, 0.3) is 0 Å². The molecule has 2 heteroatoms. The highest BCUT2D eigenvalue weighted by Gasteiger charge is 2.12. The topological polar surface area (TPSA) is 23.5 Å². The van der Waals surface area contributed by atoms with Crippen LogP contribution in [0.15, 0.2) is 0 Å². The Labute approximate surface area is 274 Å². The van der Waals surface area contributed by atoms with Gasteiger partial charge in [-0.2, -0.15) is 0 Å². The van der Waals surface area contributed by atoms with Gasteiger partial charge in [0, 0.05) is 13.1 Å². The van der Waals surface area contributed by atoms with Crippen molar-refractivity contribution in [3.05, 3.63) is 0 Å². The van der Waals surface area contributed by atoms with Crippen LogP contribution >= 0.6 is 0 Å². The Kier molecular flexibility index (Phi) is 38.0. The van der Waals surface area contributed by atoms with Gasteiger partial charge in [-0.25, -0.2) is 0 Å². The van der Waals surface area contributed by atoms with E-state index in [1.54, 1.807) is 0 Å². The molecule has 43 heavy (non-hydrogen) atoms. The van der Waals surface area contributed by atoms with Crippen LogP contribution in [0.2, 0.25) is 0 Å². The van der Waals surface area contributed by atoms with E-state index in [4.69, 9.17) is 0 Å². The summed E-state index contributed by atoms with van der Waals surface area (Å²) >= 11 is 0. The summed E-state index contributed by atoms with van der Waals surface area (Å²) in [4.78, 5) is 2.37. The zero-order chi connectivity index (χ0) is 31.3. The molecule has 0 saturated heterocycles. The fourth-order valence-electron chi connectivity index (χ4n) is 6.75. The van der Waals surface area contributed by atoms with Crippen molar-refractivity contribution in [2.24, 2.45) is 0 Å². The summed E-state index contributed by atoms with van der Waals surface area (Å²) in [5, 5.41) is 10.5. The molecule has 0 aliphatic rings. The summed E-state index contributed by atoms with van der Waals surface area (Å²) in [5.41, 5.74) is 0. The third-order valence-electron chi connectivity index (χ3n) is 9.88. The molecule has 1 atom stereocenters. The van der Waals surface area contributed by atoms with Crippen molar-refractivity contribution in [2.45, 2.75) is 252 Å². The van der Waals surface area contributed by atoms with Gasteiger partial charge in [-0.15, -0.1) is 0 Å². The van der Waals surface area contributed by atoms with Crippen LogP contribution in [0.4, 0.5) is 0 Å². The fourth-order valence-corrected chi connectivity index (χ4v) is 6.75. The quantitative estimate of drug-likeness (QED) is 0.0557. The number of aliphatic hydroxyl groups excluding tert-OH is 1. The monoisotopic (exact) mass is 608 g/mol. The summed E-state index contributed by atoms with van der Waals surface area (Å²) in [7, 11) is 0. The Morgan fingerprint density at radius 2 is 0.488 bits per heavy atom. The molecule has 0 aromatic carbocycles. The first kappa shape index (κ1) is 42.9. The minimum absolute atomic E-state index is 0.234. The van der Waals surface area contributed by atoms with E-state index in [-0.39, 0.29) is 6.23 Å². The maximum Gasteiger partial charge on any atom is 0.107 e. The lowest BCUT2D eigenvalue weighted by atomic mass is 10.0. The largest absolute Gasteiger partial charge is 0.378 e. The number of unbranched alkanes of at least 4 members (excludes halogenated alkanes) is 32. The first-order valence-electron chi connectivity index (χ1n) is 20.7.